The third-order valence-corrected chi connectivity index (χ3v) is 4.39. The van der Waals surface area contributed by atoms with Gasteiger partial charge < -0.3 is 10.2 Å². The predicted molar refractivity (Wildman–Crippen MR) is 86.5 cm³/mol. The molecule has 0 saturated heterocycles. The van der Waals surface area contributed by atoms with Crippen molar-refractivity contribution in [3.8, 4) is 0 Å². The lowest BCUT2D eigenvalue weighted by molar-refractivity contribution is 0.800. The van der Waals surface area contributed by atoms with E-state index in [9.17, 15) is 0 Å². The zero-order valence-electron chi connectivity index (χ0n) is 11.9. The van der Waals surface area contributed by atoms with Gasteiger partial charge in [-0.25, -0.2) is 0 Å². The minimum Gasteiger partial charge on any atom is -0.384 e. The Morgan fingerprint density at radius 2 is 2.30 bits per heavy atom. The molecule has 1 saturated carbocycles. The highest BCUT2D eigenvalue weighted by atomic mass is 32.1. The number of nitrogens with one attached hydrogen (secondary N) is 1. The first kappa shape index (κ1) is 13.4. The number of thiophene rings is 1. The van der Waals surface area contributed by atoms with Crippen LogP contribution in [0.5, 0.6) is 0 Å². The Labute approximate surface area is 124 Å². The van der Waals surface area contributed by atoms with Crippen molar-refractivity contribution in [2.75, 3.05) is 16.8 Å². The molecule has 0 radical (unpaired) electrons. The molecule has 2 heterocycles. The van der Waals surface area contributed by atoms with E-state index in [0.717, 1.165) is 25.2 Å². The molecule has 0 unspecified atom stereocenters. The van der Waals surface area contributed by atoms with Gasteiger partial charge in [0.1, 0.15) is 0 Å². The van der Waals surface area contributed by atoms with E-state index in [4.69, 9.17) is 0 Å². The fraction of sp³-hybridized carbons (Fsp3) is 0.438. The van der Waals surface area contributed by atoms with Crippen LogP contribution in [-0.2, 0) is 6.54 Å². The fourth-order valence-electron chi connectivity index (χ4n) is 2.34. The molecule has 0 aromatic carbocycles. The van der Waals surface area contributed by atoms with Crippen molar-refractivity contribution in [2.45, 2.75) is 38.8 Å². The van der Waals surface area contributed by atoms with Crippen LogP contribution in [0.2, 0.25) is 0 Å². The Morgan fingerprint density at radius 3 is 3.00 bits per heavy atom. The molecule has 20 heavy (non-hydrogen) atoms. The van der Waals surface area contributed by atoms with E-state index in [2.05, 4.69) is 45.7 Å². The number of hydrogen-bond donors (Lipinski definition) is 1. The van der Waals surface area contributed by atoms with Gasteiger partial charge in [0.2, 0.25) is 0 Å². The van der Waals surface area contributed by atoms with Gasteiger partial charge in [0.15, 0.2) is 0 Å². The third kappa shape index (κ3) is 3.31. The molecule has 3 rings (SSSR count). The summed E-state index contributed by atoms with van der Waals surface area (Å²) in [5, 5.41) is 5.57. The summed E-state index contributed by atoms with van der Waals surface area (Å²) in [4.78, 5) is 8.31. The van der Waals surface area contributed by atoms with Crippen LogP contribution in [0, 0.1) is 0 Å². The van der Waals surface area contributed by atoms with Gasteiger partial charge in [-0.2, -0.15) is 0 Å². The van der Waals surface area contributed by atoms with Gasteiger partial charge in [0, 0.05) is 17.5 Å². The first-order valence-electron chi connectivity index (χ1n) is 7.35. The summed E-state index contributed by atoms with van der Waals surface area (Å²) in [7, 11) is 0. The normalized spacial score (nSPS) is 14.2. The van der Waals surface area contributed by atoms with Crippen LogP contribution in [0.4, 0.5) is 11.4 Å². The van der Waals surface area contributed by atoms with Crippen LogP contribution in [0.3, 0.4) is 0 Å². The maximum absolute atomic E-state index is 4.40. The molecule has 1 aliphatic rings. The molecule has 0 bridgehead atoms. The standard InChI is InChI=1S/C16H21N3S/c1-2-7-18-13-9-15(11-17-10-13)19(14-5-6-14)12-16-4-3-8-20-16/h3-4,8-11,14,18H,2,5-7,12H2,1H3. The van der Waals surface area contributed by atoms with Crippen molar-refractivity contribution in [3.05, 3.63) is 40.8 Å². The average Bonchev–Trinajstić information content (AvgIpc) is 3.19. The van der Waals surface area contributed by atoms with Gasteiger partial charge in [-0.1, -0.05) is 13.0 Å². The molecule has 0 amide bonds. The Bertz CT molecular complexity index is 534. The molecule has 0 atom stereocenters. The number of hydrogen-bond acceptors (Lipinski definition) is 4. The van der Waals surface area contributed by atoms with Crippen molar-refractivity contribution in [3.63, 3.8) is 0 Å². The quantitative estimate of drug-likeness (QED) is 0.829. The second kappa shape index (κ2) is 6.27. The van der Waals surface area contributed by atoms with E-state index < -0.39 is 0 Å². The van der Waals surface area contributed by atoms with Gasteiger partial charge in [-0.3, -0.25) is 4.98 Å². The van der Waals surface area contributed by atoms with E-state index >= 15 is 0 Å². The molecule has 1 fully saturated rings. The first-order valence-corrected chi connectivity index (χ1v) is 8.22. The highest BCUT2D eigenvalue weighted by Gasteiger charge is 2.29. The van der Waals surface area contributed by atoms with Crippen LogP contribution < -0.4 is 10.2 Å². The Balaban J connectivity index is 1.76. The maximum Gasteiger partial charge on any atom is 0.0579 e. The summed E-state index contributed by atoms with van der Waals surface area (Å²) in [6.07, 6.45) is 7.64. The lowest BCUT2D eigenvalue weighted by atomic mass is 10.3. The summed E-state index contributed by atoms with van der Waals surface area (Å²) in [6.45, 7) is 4.18. The minimum absolute atomic E-state index is 0.695. The smallest absolute Gasteiger partial charge is 0.0579 e. The van der Waals surface area contributed by atoms with Crippen LogP contribution in [0.25, 0.3) is 0 Å². The molecule has 3 nitrogen and oxygen atoms in total. The van der Waals surface area contributed by atoms with Crippen LogP contribution in [0.15, 0.2) is 36.0 Å². The molecule has 106 valence electrons. The fourth-order valence-corrected chi connectivity index (χ4v) is 3.04. The highest BCUT2D eigenvalue weighted by molar-refractivity contribution is 7.09. The largest absolute Gasteiger partial charge is 0.384 e. The first-order chi connectivity index (χ1) is 9.86. The monoisotopic (exact) mass is 287 g/mol. The third-order valence-electron chi connectivity index (χ3n) is 3.53. The SMILES string of the molecule is CCCNc1cncc(N(Cc2cccs2)C2CC2)c1. The summed E-state index contributed by atoms with van der Waals surface area (Å²) in [6, 6.07) is 7.27. The number of rotatable bonds is 7. The van der Waals surface area contributed by atoms with Gasteiger partial charge in [-0.05, 0) is 36.8 Å². The van der Waals surface area contributed by atoms with Crippen LogP contribution in [0.1, 0.15) is 31.1 Å². The van der Waals surface area contributed by atoms with Crippen molar-refractivity contribution in [2.24, 2.45) is 0 Å². The molecule has 0 aliphatic heterocycles. The van der Waals surface area contributed by atoms with Crippen molar-refractivity contribution >= 4 is 22.7 Å². The Kier molecular flexibility index (Phi) is 4.21. The van der Waals surface area contributed by atoms with E-state index in [1.807, 2.05) is 23.7 Å². The van der Waals surface area contributed by atoms with E-state index in [1.165, 1.54) is 23.4 Å². The van der Waals surface area contributed by atoms with Crippen LogP contribution in [-0.4, -0.2) is 17.6 Å². The van der Waals surface area contributed by atoms with Crippen molar-refractivity contribution < 1.29 is 0 Å². The number of nitrogens with zero attached hydrogens (tertiary/aromatic N) is 2. The second-order valence-electron chi connectivity index (χ2n) is 5.30. The molecule has 1 aliphatic carbocycles. The van der Waals surface area contributed by atoms with E-state index in [0.29, 0.717) is 6.04 Å². The molecule has 2 aromatic heterocycles. The van der Waals surface area contributed by atoms with Gasteiger partial charge in [-0.15, -0.1) is 11.3 Å². The lowest BCUT2D eigenvalue weighted by Crippen LogP contribution is -2.24. The predicted octanol–water partition coefficient (Wildman–Crippen LogP) is 4.13. The molecule has 4 heteroatoms. The molecule has 2 aromatic rings. The van der Waals surface area contributed by atoms with Crippen molar-refractivity contribution in [1.82, 2.24) is 4.98 Å². The molecule has 1 N–H and O–H groups in total. The minimum atomic E-state index is 0.695. The van der Waals surface area contributed by atoms with Gasteiger partial charge >= 0.3 is 0 Å². The van der Waals surface area contributed by atoms with Crippen molar-refractivity contribution in [1.29, 1.82) is 0 Å². The zero-order chi connectivity index (χ0) is 13.8. The maximum atomic E-state index is 4.40. The topological polar surface area (TPSA) is 28.2 Å². The van der Waals surface area contributed by atoms with E-state index in [1.54, 1.807) is 0 Å². The molecule has 0 spiro atoms. The number of aromatic nitrogens is 1. The van der Waals surface area contributed by atoms with E-state index in [-0.39, 0.29) is 0 Å². The number of anilines is 2. The Hall–Kier alpha value is -1.55. The lowest BCUT2D eigenvalue weighted by Gasteiger charge is -2.24. The summed E-state index contributed by atoms with van der Waals surface area (Å²) < 4.78 is 0. The summed E-state index contributed by atoms with van der Waals surface area (Å²) >= 11 is 1.83. The molecular weight excluding hydrogens is 266 g/mol. The highest BCUT2D eigenvalue weighted by Crippen LogP contribution is 2.34. The summed E-state index contributed by atoms with van der Waals surface area (Å²) in [5.41, 5.74) is 2.36. The van der Waals surface area contributed by atoms with Crippen LogP contribution >= 0.6 is 11.3 Å². The number of pyridine rings is 1. The second-order valence-corrected chi connectivity index (χ2v) is 6.33. The molecular formula is C16H21N3S. The average molecular weight is 287 g/mol. The van der Waals surface area contributed by atoms with Gasteiger partial charge in [0.25, 0.3) is 0 Å². The zero-order valence-corrected chi connectivity index (χ0v) is 12.7. The van der Waals surface area contributed by atoms with Gasteiger partial charge in [0.05, 0.1) is 30.3 Å². The Morgan fingerprint density at radius 1 is 1.40 bits per heavy atom. The summed E-state index contributed by atoms with van der Waals surface area (Å²) in [5.74, 6) is 0.